The van der Waals surface area contributed by atoms with E-state index in [1.165, 1.54) is 23.7 Å². The number of furan rings is 1. The van der Waals surface area contributed by atoms with Crippen LogP contribution in [0.2, 0.25) is 0 Å². The number of aliphatic hydroxyl groups excluding tert-OH is 1. The average molecular weight is 304 g/mol. The molecule has 0 aliphatic rings. The third-order valence-electron chi connectivity index (χ3n) is 2.83. The van der Waals surface area contributed by atoms with Gasteiger partial charge in [-0.1, -0.05) is 11.2 Å². The highest BCUT2D eigenvalue weighted by atomic mass is 32.1. The van der Waals surface area contributed by atoms with E-state index in [1.807, 2.05) is 17.5 Å². The Morgan fingerprint density at radius 2 is 2.29 bits per heavy atom. The van der Waals surface area contributed by atoms with Gasteiger partial charge in [0.15, 0.2) is 11.5 Å². The Balaban J connectivity index is 1.61. The van der Waals surface area contributed by atoms with Gasteiger partial charge in [-0.25, -0.2) is 0 Å². The normalized spacial score (nSPS) is 12.2. The number of amides is 1. The molecule has 0 unspecified atom stereocenters. The Labute approximate surface area is 124 Å². The van der Waals surface area contributed by atoms with Crippen LogP contribution in [0.25, 0.3) is 11.5 Å². The molecule has 21 heavy (non-hydrogen) atoms. The number of aliphatic hydroxyl groups is 1. The van der Waals surface area contributed by atoms with Crippen LogP contribution in [0.3, 0.4) is 0 Å². The lowest BCUT2D eigenvalue weighted by Crippen LogP contribution is -2.28. The van der Waals surface area contributed by atoms with Gasteiger partial charge in [-0.2, -0.15) is 0 Å². The van der Waals surface area contributed by atoms with Crippen molar-refractivity contribution in [3.63, 3.8) is 0 Å². The maximum atomic E-state index is 11.9. The highest BCUT2D eigenvalue weighted by Gasteiger charge is 2.16. The molecule has 7 heteroatoms. The number of nitrogens with zero attached hydrogens (tertiary/aromatic N) is 1. The lowest BCUT2D eigenvalue weighted by Gasteiger charge is -2.08. The number of thiophene rings is 1. The minimum absolute atomic E-state index is 0.113. The maximum absolute atomic E-state index is 11.9. The van der Waals surface area contributed by atoms with E-state index in [-0.39, 0.29) is 12.2 Å². The predicted octanol–water partition coefficient (Wildman–Crippen LogP) is 2.46. The number of carbonyl (C=O) groups is 1. The van der Waals surface area contributed by atoms with Crippen LogP contribution in [-0.4, -0.2) is 22.7 Å². The second kappa shape index (κ2) is 5.94. The third kappa shape index (κ3) is 3.04. The Kier molecular flexibility index (Phi) is 3.85. The molecule has 3 aromatic heterocycles. The van der Waals surface area contributed by atoms with Crippen LogP contribution >= 0.6 is 11.3 Å². The van der Waals surface area contributed by atoms with E-state index in [4.69, 9.17) is 8.94 Å². The van der Waals surface area contributed by atoms with E-state index in [1.54, 1.807) is 12.1 Å². The van der Waals surface area contributed by atoms with E-state index in [2.05, 4.69) is 10.5 Å². The molecule has 3 aromatic rings. The smallest absolute Gasteiger partial charge is 0.273 e. The summed E-state index contributed by atoms with van der Waals surface area (Å²) in [6.45, 7) is 0.113. The number of rotatable bonds is 5. The summed E-state index contributed by atoms with van der Waals surface area (Å²) in [4.78, 5) is 12.7. The molecular formula is C14H12N2O4S. The van der Waals surface area contributed by atoms with Gasteiger partial charge < -0.3 is 19.4 Å². The highest BCUT2D eigenvalue weighted by Crippen LogP contribution is 2.21. The van der Waals surface area contributed by atoms with Crippen LogP contribution in [0.15, 0.2) is 50.9 Å². The second-order valence-electron chi connectivity index (χ2n) is 4.29. The van der Waals surface area contributed by atoms with Crippen molar-refractivity contribution in [2.45, 2.75) is 6.10 Å². The summed E-state index contributed by atoms with van der Waals surface area (Å²) in [5, 5.41) is 18.1. The van der Waals surface area contributed by atoms with Crippen molar-refractivity contribution in [1.29, 1.82) is 0 Å². The van der Waals surface area contributed by atoms with Crippen molar-refractivity contribution < 1.29 is 18.8 Å². The monoisotopic (exact) mass is 304 g/mol. The molecule has 3 heterocycles. The van der Waals surface area contributed by atoms with Gasteiger partial charge in [0.05, 0.1) is 6.26 Å². The van der Waals surface area contributed by atoms with Crippen LogP contribution in [0.5, 0.6) is 0 Å². The van der Waals surface area contributed by atoms with Crippen LogP contribution in [0.4, 0.5) is 0 Å². The molecular weight excluding hydrogens is 292 g/mol. The Morgan fingerprint density at radius 3 is 3.00 bits per heavy atom. The fourth-order valence-electron chi connectivity index (χ4n) is 1.78. The van der Waals surface area contributed by atoms with Gasteiger partial charge in [0.25, 0.3) is 5.91 Å². The molecule has 108 valence electrons. The zero-order valence-electron chi connectivity index (χ0n) is 10.9. The van der Waals surface area contributed by atoms with Crippen molar-refractivity contribution in [2.75, 3.05) is 6.54 Å². The Bertz CT molecular complexity index is 703. The molecule has 0 saturated heterocycles. The molecule has 0 radical (unpaired) electrons. The first-order valence-corrected chi connectivity index (χ1v) is 7.12. The van der Waals surface area contributed by atoms with Crippen molar-refractivity contribution in [3.05, 3.63) is 52.5 Å². The average Bonchev–Trinajstić information content (AvgIpc) is 3.25. The van der Waals surface area contributed by atoms with E-state index in [0.29, 0.717) is 11.5 Å². The summed E-state index contributed by atoms with van der Waals surface area (Å²) in [5.41, 5.74) is 0.139. The van der Waals surface area contributed by atoms with E-state index >= 15 is 0 Å². The van der Waals surface area contributed by atoms with E-state index in [9.17, 15) is 9.90 Å². The highest BCUT2D eigenvalue weighted by molar-refractivity contribution is 7.10. The molecule has 3 rings (SSSR count). The van der Waals surface area contributed by atoms with Gasteiger partial charge in [-0.3, -0.25) is 4.79 Å². The molecule has 2 N–H and O–H groups in total. The lowest BCUT2D eigenvalue weighted by atomic mass is 10.2. The summed E-state index contributed by atoms with van der Waals surface area (Å²) in [6.07, 6.45) is 0.778. The fourth-order valence-corrected chi connectivity index (χ4v) is 2.49. The van der Waals surface area contributed by atoms with Crippen LogP contribution < -0.4 is 5.32 Å². The topological polar surface area (TPSA) is 88.5 Å². The van der Waals surface area contributed by atoms with Crippen molar-refractivity contribution >= 4 is 17.2 Å². The molecule has 0 aliphatic heterocycles. The second-order valence-corrected chi connectivity index (χ2v) is 5.27. The van der Waals surface area contributed by atoms with Gasteiger partial charge in [0, 0.05) is 17.5 Å². The Hall–Kier alpha value is -2.38. The maximum Gasteiger partial charge on any atom is 0.273 e. The van der Waals surface area contributed by atoms with Gasteiger partial charge >= 0.3 is 0 Å². The van der Waals surface area contributed by atoms with Crippen molar-refractivity contribution in [1.82, 2.24) is 10.5 Å². The lowest BCUT2D eigenvalue weighted by molar-refractivity contribution is 0.0909. The molecule has 0 aliphatic carbocycles. The summed E-state index contributed by atoms with van der Waals surface area (Å²) in [6, 6.07) is 8.58. The fraction of sp³-hybridized carbons (Fsp3) is 0.143. The SMILES string of the molecule is O=C(NC[C@@H](O)c1cccs1)c1cc(-c2ccco2)on1. The van der Waals surface area contributed by atoms with Gasteiger partial charge in [0.1, 0.15) is 6.10 Å². The zero-order valence-corrected chi connectivity index (χ0v) is 11.7. The van der Waals surface area contributed by atoms with Crippen molar-refractivity contribution in [2.24, 2.45) is 0 Å². The predicted molar refractivity (Wildman–Crippen MR) is 75.8 cm³/mol. The Morgan fingerprint density at radius 1 is 1.38 bits per heavy atom. The van der Waals surface area contributed by atoms with E-state index < -0.39 is 12.0 Å². The first kappa shape index (κ1) is 13.6. The molecule has 0 bridgehead atoms. The number of aromatic nitrogens is 1. The summed E-state index contributed by atoms with van der Waals surface area (Å²) in [7, 11) is 0. The third-order valence-corrected chi connectivity index (χ3v) is 3.81. The molecule has 0 spiro atoms. The largest absolute Gasteiger partial charge is 0.461 e. The number of hydrogen-bond donors (Lipinski definition) is 2. The van der Waals surface area contributed by atoms with Crippen LogP contribution in [-0.2, 0) is 0 Å². The first-order chi connectivity index (χ1) is 10.2. The minimum Gasteiger partial charge on any atom is -0.461 e. The zero-order chi connectivity index (χ0) is 14.7. The molecule has 1 amide bonds. The van der Waals surface area contributed by atoms with E-state index in [0.717, 1.165) is 4.88 Å². The summed E-state index contributed by atoms with van der Waals surface area (Å²) in [5.74, 6) is 0.469. The quantitative estimate of drug-likeness (QED) is 0.756. The van der Waals surface area contributed by atoms with Gasteiger partial charge in [-0.15, -0.1) is 11.3 Å². The molecule has 6 nitrogen and oxygen atoms in total. The minimum atomic E-state index is -0.731. The summed E-state index contributed by atoms with van der Waals surface area (Å²) < 4.78 is 10.2. The summed E-state index contributed by atoms with van der Waals surface area (Å²) >= 11 is 1.43. The number of nitrogens with one attached hydrogen (secondary N) is 1. The first-order valence-electron chi connectivity index (χ1n) is 6.24. The molecule has 0 fully saturated rings. The number of hydrogen-bond acceptors (Lipinski definition) is 6. The van der Waals surface area contributed by atoms with Gasteiger partial charge in [-0.05, 0) is 23.6 Å². The molecule has 0 aromatic carbocycles. The van der Waals surface area contributed by atoms with Gasteiger partial charge in [0.2, 0.25) is 5.76 Å². The van der Waals surface area contributed by atoms with Crippen molar-refractivity contribution in [3.8, 4) is 11.5 Å². The standard InChI is InChI=1S/C14H12N2O4S/c17-10(13-4-2-6-21-13)8-15-14(18)9-7-12(20-16-9)11-3-1-5-19-11/h1-7,10,17H,8H2,(H,15,18)/t10-/m1/s1. The van der Waals surface area contributed by atoms with Crippen LogP contribution in [0, 0.1) is 0 Å². The number of carbonyl (C=O) groups excluding carboxylic acids is 1. The van der Waals surface area contributed by atoms with Crippen LogP contribution in [0.1, 0.15) is 21.5 Å². The molecule has 0 saturated carbocycles. The molecule has 1 atom stereocenters.